The van der Waals surface area contributed by atoms with Crippen LogP contribution in [0.2, 0.25) is 5.02 Å². The van der Waals surface area contributed by atoms with E-state index < -0.39 is 0 Å². The van der Waals surface area contributed by atoms with Crippen molar-refractivity contribution in [2.24, 2.45) is 4.99 Å². The monoisotopic (exact) mass is 263 g/mol. The molecule has 96 valence electrons. The first kappa shape index (κ1) is 11.8. The van der Waals surface area contributed by atoms with Crippen LogP contribution in [0.1, 0.15) is 18.4 Å². The minimum Gasteiger partial charge on any atom is -0.355 e. The van der Waals surface area contributed by atoms with Gasteiger partial charge < -0.3 is 10.2 Å². The van der Waals surface area contributed by atoms with Crippen LogP contribution in [-0.4, -0.2) is 37.5 Å². The highest BCUT2D eigenvalue weighted by molar-refractivity contribution is 6.30. The zero-order chi connectivity index (χ0) is 12.6. The number of guanidine groups is 1. The first-order valence-electron chi connectivity index (χ1n) is 6.45. The molecule has 0 atom stereocenters. The van der Waals surface area contributed by atoms with Crippen LogP contribution in [0.4, 0.5) is 0 Å². The summed E-state index contributed by atoms with van der Waals surface area (Å²) in [4.78, 5) is 6.64. The van der Waals surface area contributed by atoms with Gasteiger partial charge >= 0.3 is 0 Å². The molecule has 4 heteroatoms. The number of rotatable bonds is 3. The molecule has 1 aromatic rings. The average molecular weight is 264 g/mol. The molecule has 0 bridgehead atoms. The summed E-state index contributed by atoms with van der Waals surface area (Å²) in [5.41, 5.74) is 1.69. The number of likely N-dealkylation sites (N-methyl/N-ethyl adjacent to an activating group) is 1. The van der Waals surface area contributed by atoms with Gasteiger partial charge in [-0.15, -0.1) is 0 Å². The van der Waals surface area contributed by atoms with Gasteiger partial charge in [0.25, 0.3) is 0 Å². The van der Waals surface area contributed by atoms with Crippen molar-refractivity contribution in [2.45, 2.75) is 18.3 Å². The van der Waals surface area contributed by atoms with Crippen molar-refractivity contribution in [2.75, 3.05) is 26.7 Å². The molecule has 0 unspecified atom stereocenters. The molecule has 1 heterocycles. The number of nitrogens with zero attached hydrogens (tertiary/aromatic N) is 2. The van der Waals surface area contributed by atoms with Crippen molar-refractivity contribution < 1.29 is 0 Å². The molecule has 1 fully saturated rings. The molecule has 3 nitrogen and oxygen atoms in total. The first-order valence-corrected chi connectivity index (χ1v) is 6.83. The zero-order valence-electron chi connectivity index (χ0n) is 10.6. The van der Waals surface area contributed by atoms with E-state index in [1.54, 1.807) is 0 Å². The Morgan fingerprint density at radius 3 is 2.61 bits per heavy atom. The van der Waals surface area contributed by atoms with Crippen LogP contribution in [0.5, 0.6) is 0 Å². The van der Waals surface area contributed by atoms with E-state index in [0.29, 0.717) is 5.41 Å². The maximum atomic E-state index is 5.94. The summed E-state index contributed by atoms with van der Waals surface area (Å²) in [5, 5.41) is 4.30. The summed E-state index contributed by atoms with van der Waals surface area (Å²) in [6.07, 6.45) is 2.50. The van der Waals surface area contributed by atoms with Gasteiger partial charge in [0.2, 0.25) is 0 Å². The number of nitrogens with one attached hydrogen (secondary N) is 1. The predicted molar refractivity (Wildman–Crippen MR) is 75.3 cm³/mol. The standard InChI is InChI=1S/C14H18ClN3/c1-18-9-8-16-13(18)17-10-14(6-7-14)11-2-4-12(15)5-3-11/h2-5H,6-10H2,1H3,(H,16,17). The molecular weight excluding hydrogens is 246 g/mol. The topological polar surface area (TPSA) is 27.6 Å². The molecule has 0 spiro atoms. The van der Waals surface area contributed by atoms with E-state index in [1.165, 1.54) is 18.4 Å². The van der Waals surface area contributed by atoms with Crippen molar-refractivity contribution in [3.63, 3.8) is 0 Å². The van der Waals surface area contributed by atoms with E-state index in [1.807, 2.05) is 12.1 Å². The molecule has 1 aliphatic heterocycles. The Balaban J connectivity index is 1.67. The largest absolute Gasteiger partial charge is 0.355 e. The molecule has 2 aliphatic rings. The lowest BCUT2D eigenvalue weighted by atomic mass is 9.96. The molecule has 3 rings (SSSR count). The smallest absolute Gasteiger partial charge is 0.193 e. The third-order valence-corrected chi connectivity index (χ3v) is 4.21. The summed E-state index contributed by atoms with van der Waals surface area (Å²) < 4.78 is 0. The van der Waals surface area contributed by atoms with Crippen LogP contribution in [0, 0.1) is 0 Å². The number of hydrogen-bond donors (Lipinski definition) is 1. The van der Waals surface area contributed by atoms with Crippen molar-refractivity contribution >= 4 is 17.6 Å². The molecule has 18 heavy (non-hydrogen) atoms. The number of benzene rings is 1. The second-order valence-corrected chi connectivity index (χ2v) is 5.70. The lowest BCUT2D eigenvalue weighted by Gasteiger charge is -2.20. The average Bonchev–Trinajstić information content (AvgIpc) is 3.05. The molecule has 1 N–H and O–H groups in total. The van der Waals surface area contributed by atoms with Crippen LogP contribution in [0.3, 0.4) is 0 Å². The number of hydrogen-bond acceptors (Lipinski definition) is 3. The van der Waals surface area contributed by atoms with Crippen LogP contribution in [-0.2, 0) is 5.41 Å². The lowest BCUT2D eigenvalue weighted by Crippen LogP contribution is -2.39. The van der Waals surface area contributed by atoms with Gasteiger partial charge in [0.15, 0.2) is 5.96 Å². The molecule has 0 saturated heterocycles. The first-order chi connectivity index (χ1) is 8.70. The quantitative estimate of drug-likeness (QED) is 0.906. The number of halogens is 1. The Morgan fingerprint density at radius 1 is 1.33 bits per heavy atom. The lowest BCUT2D eigenvalue weighted by molar-refractivity contribution is 0.523. The third kappa shape index (κ3) is 2.19. The van der Waals surface area contributed by atoms with E-state index in [0.717, 1.165) is 30.6 Å². The van der Waals surface area contributed by atoms with Crippen molar-refractivity contribution in [3.05, 3.63) is 34.9 Å². The molecule has 0 aromatic heterocycles. The molecule has 0 radical (unpaired) electrons. The van der Waals surface area contributed by atoms with Gasteiger partial charge in [0.05, 0.1) is 6.54 Å². The van der Waals surface area contributed by atoms with Gasteiger partial charge in [-0.25, -0.2) is 0 Å². The van der Waals surface area contributed by atoms with E-state index in [4.69, 9.17) is 11.6 Å². The Hall–Kier alpha value is -1.22. The highest BCUT2D eigenvalue weighted by atomic mass is 35.5. The van der Waals surface area contributed by atoms with Gasteiger partial charge in [-0.3, -0.25) is 4.99 Å². The minimum absolute atomic E-state index is 0.302. The van der Waals surface area contributed by atoms with Crippen molar-refractivity contribution in [3.8, 4) is 0 Å². The predicted octanol–water partition coefficient (Wildman–Crippen LogP) is 2.26. The second kappa shape index (κ2) is 4.47. The summed E-state index contributed by atoms with van der Waals surface area (Å²) >= 11 is 5.94. The number of aliphatic imine (C=N–C) groups is 1. The van der Waals surface area contributed by atoms with Gasteiger partial charge in [0, 0.05) is 30.6 Å². The van der Waals surface area contributed by atoms with Crippen LogP contribution < -0.4 is 5.32 Å². The van der Waals surface area contributed by atoms with Crippen molar-refractivity contribution in [1.29, 1.82) is 0 Å². The fourth-order valence-electron chi connectivity index (χ4n) is 2.49. The van der Waals surface area contributed by atoms with Gasteiger partial charge in [-0.2, -0.15) is 0 Å². The van der Waals surface area contributed by atoms with Crippen LogP contribution >= 0.6 is 11.6 Å². The summed E-state index contributed by atoms with van der Waals surface area (Å²) in [5.74, 6) is 1.04. The molecule has 1 aromatic carbocycles. The summed E-state index contributed by atoms with van der Waals surface area (Å²) in [6.45, 7) is 2.90. The van der Waals surface area contributed by atoms with E-state index in [2.05, 4.69) is 34.4 Å². The molecule has 1 saturated carbocycles. The highest BCUT2D eigenvalue weighted by Crippen LogP contribution is 2.47. The van der Waals surface area contributed by atoms with E-state index in [9.17, 15) is 0 Å². The van der Waals surface area contributed by atoms with E-state index >= 15 is 0 Å². The fraction of sp³-hybridized carbons (Fsp3) is 0.500. The minimum atomic E-state index is 0.302. The molecule has 1 aliphatic carbocycles. The van der Waals surface area contributed by atoms with Crippen LogP contribution in [0.25, 0.3) is 0 Å². The van der Waals surface area contributed by atoms with Crippen molar-refractivity contribution in [1.82, 2.24) is 10.2 Å². The molecular formula is C14H18ClN3. The Bertz CT molecular complexity index is 462. The second-order valence-electron chi connectivity index (χ2n) is 5.27. The fourth-order valence-corrected chi connectivity index (χ4v) is 2.62. The highest BCUT2D eigenvalue weighted by Gasteiger charge is 2.44. The Kier molecular flexibility index (Phi) is 2.94. The third-order valence-electron chi connectivity index (χ3n) is 3.95. The normalized spacial score (nSPS) is 20.8. The Morgan fingerprint density at radius 2 is 2.06 bits per heavy atom. The van der Waals surface area contributed by atoms with Gasteiger partial charge in [-0.1, -0.05) is 23.7 Å². The van der Waals surface area contributed by atoms with Gasteiger partial charge in [-0.05, 0) is 30.5 Å². The Labute approximate surface area is 113 Å². The molecule has 0 amide bonds. The van der Waals surface area contributed by atoms with E-state index in [-0.39, 0.29) is 0 Å². The van der Waals surface area contributed by atoms with Crippen LogP contribution in [0.15, 0.2) is 29.3 Å². The summed E-state index contributed by atoms with van der Waals surface area (Å²) in [6, 6.07) is 8.26. The zero-order valence-corrected chi connectivity index (χ0v) is 11.4. The maximum absolute atomic E-state index is 5.94. The maximum Gasteiger partial charge on any atom is 0.193 e. The van der Waals surface area contributed by atoms with Gasteiger partial charge in [0.1, 0.15) is 0 Å². The summed E-state index contributed by atoms with van der Waals surface area (Å²) in [7, 11) is 2.08. The SMILES string of the molecule is CN1CCN=C1NCC1(c2ccc(Cl)cc2)CC1.